The Kier molecular flexibility index (Phi) is 3.54. The lowest BCUT2D eigenvalue weighted by atomic mass is 10.0. The van der Waals surface area contributed by atoms with Gasteiger partial charge in [0, 0.05) is 6.04 Å². The monoisotopic (exact) mass is 237 g/mol. The number of aliphatic hydroxyl groups excluding tert-OH is 1. The number of aliphatic hydroxyl groups is 1. The molecule has 1 aromatic rings. The fraction of sp³-hybridized carbons (Fsp3) is 0.538. The quantitative estimate of drug-likeness (QED) is 0.863. The number of ether oxygens (including phenoxy) is 2. The SMILES string of the molecule is CC(C(O)c1ccc2c(c1)OCCO2)N(C)C. The minimum Gasteiger partial charge on any atom is -0.486 e. The summed E-state index contributed by atoms with van der Waals surface area (Å²) in [4.78, 5) is 1.99. The lowest BCUT2D eigenvalue weighted by Gasteiger charge is -2.26. The molecule has 1 heterocycles. The molecule has 2 atom stereocenters. The standard InChI is InChI=1S/C13H19NO3/c1-9(14(2)3)13(15)10-4-5-11-12(8-10)17-7-6-16-11/h4-5,8-9,13,15H,6-7H2,1-3H3. The average Bonchev–Trinajstić information content (AvgIpc) is 2.36. The number of nitrogens with zero attached hydrogens (tertiary/aromatic N) is 1. The van der Waals surface area contributed by atoms with Crippen LogP contribution in [0.15, 0.2) is 18.2 Å². The summed E-state index contributed by atoms with van der Waals surface area (Å²) in [5.74, 6) is 1.48. The van der Waals surface area contributed by atoms with Crippen molar-refractivity contribution in [3.05, 3.63) is 23.8 Å². The van der Waals surface area contributed by atoms with E-state index >= 15 is 0 Å². The molecule has 0 aromatic heterocycles. The van der Waals surface area contributed by atoms with Crippen LogP contribution in [0.5, 0.6) is 11.5 Å². The normalized spacial score (nSPS) is 17.9. The first-order chi connectivity index (χ1) is 8.09. The van der Waals surface area contributed by atoms with Crippen LogP contribution in [0.4, 0.5) is 0 Å². The fourth-order valence-electron chi connectivity index (χ4n) is 1.80. The highest BCUT2D eigenvalue weighted by Crippen LogP contribution is 2.33. The third-order valence-corrected chi connectivity index (χ3v) is 3.18. The van der Waals surface area contributed by atoms with Crippen molar-refractivity contribution in [2.45, 2.75) is 19.1 Å². The Bertz CT molecular complexity index is 392. The van der Waals surface area contributed by atoms with Gasteiger partial charge in [-0.25, -0.2) is 0 Å². The van der Waals surface area contributed by atoms with E-state index in [0.717, 1.165) is 17.1 Å². The second-order valence-corrected chi connectivity index (χ2v) is 4.55. The molecule has 0 bridgehead atoms. The minimum absolute atomic E-state index is 0.0533. The van der Waals surface area contributed by atoms with Gasteiger partial charge >= 0.3 is 0 Å². The van der Waals surface area contributed by atoms with Crippen molar-refractivity contribution in [3.8, 4) is 11.5 Å². The van der Waals surface area contributed by atoms with E-state index in [1.165, 1.54) is 0 Å². The summed E-state index contributed by atoms with van der Waals surface area (Å²) in [6.45, 7) is 3.14. The summed E-state index contributed by atoms with van der Waals surface area (Å²) in [6, 6.07) is 5.66. The van der Waals surface area contributed by atoms with Crippen LogP contribution in [0.25, 0.3) is 0 Å². The van der Waals surface area contributed by atoms with Crippen LogP contribution in [0.3, 0.4) is 0 Å². The van der Waals surface area contributed by atoms with Crippen molar-refractivity contribution < 1.29 is 14.6 Å². The van der Waals surface area contributed by atoms with Crippen LogP contribution in [0, 0.1) is 0 Å². The van der Waals surface area contributed by atoms with E-state index in [2.05, 4.69) is 0 Å². The molecule has 1 aliphatic heterocycles. The van der Waals surface area contributed by atoms with Gasteiger partial charge in [-0.1, -0.05) is 6.07 Å². The van der Waals surface area contributed by atoms with Gasteiger partial charge in [0.25, 0.3) is 0 Å². The van der Waals surface area contributed by atoms with Gasteiger partial charge in [0.2, 0.25) is 0 Å². The molecule has 1 aromatic carbocycles. The summed E-state index contributed by atoms with van der Waals surface area (Å²) in [6.07, 6.45) is -0.527. The molecule has 4 heteroatoms. The zero-order chi connectivity index (χ0) is 12.4. The van der Waals surface area contributed by atoms with E-state index in [1.54, 1.807) is 0 Å². The van der Waals surface area contributed by atoms with E-state index in [0.29, 0.717) is 13.2 Å². The molecule has 1 aliphatic rings. The van der Waals surface area contributed by atoms with Crippen LogP contribution in [-0.2, 0) is 0 Å². The molecule has 0 saturated carbocycles. The Labute approximate surface area is 102 Å². The minimum atomic E-state index is -0.527. The zero-order valence-corrected chi connectivity index (χ0v) is 10.5. The molecule has 94 valence electrons. The van der Waals surface area contributed by atoms with E-state index < -0.39 is 6.10 Å². The predicted octanol–water partition coefficient (Wildman–Crippen LogP) is 1.44. The van der Waals surface area contributed by atoms with E-state index in [-0.39, 0.29) is 6.04 Å². The van der Waals surface area contributed by atoms with Gasteiger partial charge < -0.3 is 19.5 Å². The van der Waals surface area contributed by atoms with E-state index in [1.807, 2.05) is 44.1 Å². The molecule has 0 fully saturated rings. The van der Waals surface area contributed by atoms with Gasteiger partial charge in [-0.2, -0.15) is 0 Å². The van der Waals surface area contributed by atoms with Crippen molar-refractivity contribution in [1.82, 2.24) is 4.90 Å². The number of likely N-dealkylation sites (N-methyl/N-ethyl adjacent to an activating group) is 1. The molecular formula is C13H19NO3. The van der Waals surface area contributed by atoms with Crippen LogP contribution < -0.4 is 9.47 Å². The third-order valence-electron chi connectivity index (χ3n) is 3.18. The molecule has 0 aliphatic carbocycles. The van der Waals surface area contributed by atoms with Gasteiger partial charge in [-0.15, -0.1) is 0 Å². The molecule has 17 heavy (non-hydrogen) atoms. The van der Waals surface area contributed by atoms with Crippen molar-refractivity contribution >= 4 is 0 Å². The maximum atomic E-state index is 10.2. The molecule has 0 amide bonds. The summed E-state index contributed by atoms with van der Waals surface area (Å²) >= 11 is 0. The number of hydrogen-bond donors (Lipinski definition) is 1. The Balaban J connectivity index is 2.21. The highest BCUT2D eigenvalue weighted by molar-refractivity contribution is 5.44. The molecule has 4 nitrogen and oxygen atoms in total. The molecule has 0 spiro atoms. The van der Waals surface area contributed by atoms with Crippen LogP contribution in [0.1, 0.15) is 18.6 Å². The lowest BCUT2D eigenvalue weighted by Crippen LogP contribution is -2.31. The lowest BCUT2D eigenvalue weighted by molar-refractivity contribution is 0.0851. The number of hydrogen-bond acceptors (Lipinski definition) is 4. The summed E-state index contributed by atoms with van der Waals surface area (Å²) in [7, 11) is 3.90. The Morgan fingerprint density at radius 3 is 2.47 bits per heavy atom. The topological polar surface area (TPSA) is 41.9 Å². The Hall–Kier alpha value is -1.26. The van der Waals surface area contributed by atoms with Crippen LogP contribution >= 0.6 is 0 Å². The number of benzene rings is 1. The summed E-state index contributed by atoms with van der Waals surface area (Å²) in [5, 5.41) is 10.2. The van der Waals surface area contributed by atoms with Gasteiger partial charge in [0.15, 0.2) is 11.5 Å². The Morgan fingerprint density at radius 1 is 1.18 bits per heavy atom. The molecule has 1 N–H and O–H groups in total. The summed E-state index contributed by atoms with van der Waals surface area (Å²) in [5.41, 5.74) is 0.857. The van der Waals surface area contributed by atoms with Crippen molar-refractivity contribution in [2.75, 3.05) is 27.3 Å². The van der Waals surface area contributed by atoms with Crippen LogP contribution in [0.2, 0.25) is 0 Å². The van der Waals surface area contributed by atoms with Crippen molar-refractivity contribution in [2.24, 2.45) is 0 Å². The average molecular weight is 237 g/mol. The largest absolute Gasteiger partial charge is 0.486 e. The first-order valence-electron chi connectivity index (χ1n) is 5.83. The molecule has 0 radical (unpaired) electrons. The smallest absolute Gasteiger partial charge is 0.161 e. The summed E-state index contributed by atoms with van der Waals surface area (Å²) < 4.78 is 11.0. The third kappa shape index (κ3) is 2.53. The van der Waals surface area contributed by atoms with Gasteiger partial charge in [-0.05, 0) is 38.7 Å². The molecular weight excluding hydrogens is 218 g/mol. The van der Waals surface area contributed by atoms with Gasteiger partial charge in [0.1, 0.15) is 13.2 Å². The number of fused-ring (bicyclic) bond motifs is 1. The van der Waals surface area contributed by atoms with Crippen LogP contribution in [-0.4, -0.2) is 43.4 Å². The second kappa shape index (κ2) is 4.94. The second-order valence-electron chi connectivity index (χ2n) is 4.55. The van der Waals surface area contributed by atoms with Gasteiger partial charge in [0.05, 0.1) is 6.10 Å². The highest BCUT2D eigenvalue weighted by Gasteiger charge is 2.20. The van der Waals surface area contributed by atoms with Gasteiger partial charge in [-0.3, -0.25) is 0 Å². The zero-order valence-electron chi connectivity index (χ0n) is 10.5. The van der Waals surface area contributed by atoms with E-state index in [9.17, 15) is 5.11 Å². The first kappa shape index (κ1) is 12.2. The van der Waals surface area contributed by atoms with Crippen molar-refractivity contribution in [1.29, 1.82) is 0 Å². The fourth-order valence-corrected chi connectivity index (χ4v) is 1.80. The predicted molar refractivity (Wildman–Crippen MR) is 65.5 cm³/mol. The van der Waals surface area contributed by atoms with E-state index in [4.69, 9.17) is 9.47 Å². The Morgan fingerprint density at radius 2 is 1.82 bits per heavy atom. The maximum absolute atomic E-state index is 10.2. The molecule has 2 rings (SSSR count). The molecule has 2 unspecified atom stereocenters. The van der Waals surface area contributed by atoms with Crippen molar-refractivity contribution in [3.63, 3.8) is 0 Å². The highest BCUT2D eigenvalue weighted by atomic mass is 16.6. The maximum Gasteiger partial charge on any atom is 0.161 e. The first-order valence-corrected chi connectivity index (χ1v) is 5.83. The number of rotatable bonds is 3. The molecule has 0 saturated heterocycles.